The fourth-order valence-electron chi connectivity index (χ4n) is 2.99. The molecule has 0 aliphatic rings. The third-order valence-corrected chi connectivity index (χ3v) is 4.66. The molecule has 0 saturated heterocycles. The fourth-order valence-corrected chi connectivity index (χ4v) is 2.99. The summed E-state index contributed by atoms with van der Waals surface area (Å²) in [5.74, 6) is 0.147. The zero-order valence-electron chi connectivity index (χ0n) is 17.0. The van der Waals surface area contributed by atoms with Crippen molar-refractivity contribution >= 4 is 5.91 Å². The first-order valence-corrected chi connectivity index (χ1v) is 9.83. The quantitative estimate of drug-likeness (QED) is 0.619. The summed E-state index contributed by atoms with van der Waals surface area (Å²) in [5, 5.41) is 7.18. The predicted molar refractivity (Wildman–Crippen MR) is 113 cm³/mol. The molecule has 3 rings (SSSR count). The van der Waals surface area contributed by atoms with E-state index in [-0.39, 0.29) is 17.3 Å². The maximum Gasteiger partial charge on any atom is 0.267 e. The van der Waals surface area contributed by atoms with Gasteiger partial charge in [0.1, 0.15) is 17.6 Å². The summed E-state index contributed by atoms with van der Waals surface area (Å²) in [7, 11) is 0. The molecule has 6 nitrogen and oxygen atoms in total. The van der Waals surface area contributed by atoms with Crippen molar-refractivity contribution < 1.29 is 13.9 Å². The highest BCUT2D eigenvalue weighted by atomic mass is 19.1. The number of hydrogen-bond donors (Lipinski definition) is 1. The minimum absolute atomic E-state index is 0.297. The molecule has 7 heteroatoms. The summed E-state index contributed by atoms with van der Waals surface area (Å²) < 4.78 is 19.6. The lowest BCUT2D eigenvalue weighted by atomic mass is 10.1. The Morgan fingerprint density at radius 1 is 1.10 bits per heavy atom. The van der Waals surface area contributed by atoms with E-state index in [1.165, 1.54) is 22.9 Å². The topological polar surface area (TPSA) is 73.2 Å². The number of aromatic nitrogens is 2. The molecule has 3 aromatic rings. The molecule has 1 atom stereocenters. The summed E-state index contributed by atoms with van der Waals surface area (Å²) >= 11 is 0. The standard InChI is InChI=1S/C23H24FN3O3/c1-3-30-20-10-6-18(7-11-20)21-12-13-22(28)27(26-21)16(2)23(29)25-15-14-17-4-8-19(24)9-5-17/h4-13,16H,3,14-15H2,1-2H3,(H,25,29). The molecule has 1 N–H and O–H groups in total. The molecular weight excluding hydrogens is 385 g/mol. The molecule has 0 bridgehead atoms. The summed E-state index contributed by atoms with van der Waals surface area (Å²) in [5.41, 5.74) is 1.96. The highest BCUT2D eigenvalue weighted by Gasteiger charge is 2.17. The Kier molecular flexibility index (Phi) is 6.95. The molecule has 1 unspecified atom stereocenters. The second-order valence-electron chi connectivity index (χ2n) is 6.80. The largest absolute Gasteiger partial charge is 0.494 e. The normalized spacial score (nSPS) is 11.7. The van der Waals surface area contributed by atoms with Crippen LogP contribution < -0.4 is 15.6 Å². The summed E-state index contributed by atoms with van der Waals surface area (Å²) in [6, 6.07) is 15.8. The van der Waals surface area contributed by atoms with E-state index in [0.29, 0.717) is 25.3 Å². The van der Waals surface area contributed by atoms with Gasteiger partial charge in [-0.1, -0.05) is 12.1 Å². The van der Waals surface area contributed by atoms with Gasteiger partial charge in [-0.05, 0) is 68.3 Å². The SMILES string of the molecule is CCOc1ccc(-c2ccc(=O)n(C(C)C(=O)NCCc3ccc(F)cc3)n2)cc1. The van der Waals surface area contributed by atoms with E-state index in [4.69, 9.17) is 4.74 Å². The molecule has 30 heavy (non-hydrogen) atoms. The number of ether oxygens (including phenoxy) is 1. The van der Waals surface area contributed by atoms with E-state index >= 15 is 0 Å². The van der Waals surface area contributed by atoms with E-state index in [2.05, 4.69) is 10.4 Å². The van der Waals surface area contributed by atoms with Gasteiger partial charge in [-0.3, -0.25) is 9.59 Å². The van der Waals surface area contributed by atoms with Gasteiger partial charge in [-0.15, -0.1) is 0 Å². The number of nitrogens with one attached hydrogen (secondary N) is 1. The van der Waals surface area contributed by atoms with Gasteiger partial charge in [-0.2, -0.15) is 5.10 Å². The third-order valence-electron chi connectivity index (χ3n) is 4.66. The lowest BCUT2D eigenvalue weighted by Crippen LogP contribution is -2.37. The van der Waals surface area contributed by atoms with Crippen LogP contribution in [0.3, 0.4) is 0 Å². The smallest absolute Gasteiger partial charge is 0.267 e. The first-order valence-electron chi connectivity index (χ1n) is 9.83. The molecule has 0 fully saturated rings. The Labute approximate surface area is 174 Å². The third kappa shape index (κ3) is 5.31. The van der Waals surface area contributed by atoms with Crippen molar-refractivity contribution in [2.24, 2.45) is 0 Å². The molecule has 0 aliphatic heterocycles. The van der Waals surface area contributed by atoms with Gasteiger partial charge in [-0.25, -0.2) is 9.07 Å². The van der Waals surface area contributed by atoms with E-state index in [1.807, 2.05) is 31.2 Å². The molecular formula is C23H24FN3O3. The van der Waals surface area contributed by atoms with Crippen molar-refractivity contribution in [2.45, 2.75) is 26.3 Å². The number of amides is 1. The Morgan fingerprint density at radius 2 is 1.80 bits per heavy atom. The monoisotopic (exact) mass is 409 g/mol. The van der Waals surface area contributed by atoms with E-state index in [9.17, 15) is 14.0 Å². The zero-order valence-corrected chi connectivity index (χ0v) is 17.0. The van der Waals surface area contributed by atoms with Crippen molar-refractivity contribution in [1.29, 1.82) is 0 Å². The van der Waals surface area contributed by atoms with Gasteiger partial charge in [0.25, 0.3) is 5.56 Å². The molecule has 1 amide bonds. The second-order valence-corrected chi connectivity index (χ2v) is 6.80. The molecule has 0 spiro atoms. The lowest BCUT2D eigenvalue weighted by Gasteiger charge is -2.15. The summed E-state index contributed by atoms with van der Waals surface area (Å²) in [6.45, 7) is 4.50. The van der Waals surface area contributed by atoms with Crippen LogP contribution in [0.25, 0.3) is 11.3 Å². The maximum absolute atomic E-state index is 13.0. The molecule has 0 radical (unpaired) electrons. The first-order chi connectivity index (χ1) is 14.5. The zero-order chi connectivity index (χ0) is 21.5. The van der Waals surface area contributed by atoms with Gasteiger partial charge in [0.05, 0.1) is 12.3 Å². The number of hydrogen-bond acceptors (Lipinski definition) is 4. The van der Waals surface area contributed by atoms with Crippen molar-refractivity contribution in [1.82, 2.24) is 15.1 Å². The summed E-state index contributed by atoms with van der Waals surface area (Å²) in [6.07, 6.45) is 0.563. The highest BCUT2D eigenvalue weighted by molar-refractivity contribution is 5.79. The van der Waals surface area contributed by atoms with Gasteiger partial charge in [0.15, 0.2) is 0 Å². The predicted octanol–water partition coefficient (Wildman–Crippen LogP) is 3.37. The van der Waals surface area contributed by atoms with Crippen LogP contribution in [0.4, 0.5) is 4.39 Å². The Bertz CT molecular complexity index is 1050. The van der Waals surface area contributed by atoms with Crippen molar-refractivity contribution in [3.8, 4) is 17.0 Å². The molecule has 156 valence electrons. The molecule has 0 aliphatic carbocycles. The van der Waals surface area contributed by atoms with Crippen LogP contribution in [0.5, 0.6) is 5.75 Å². The highest BCUT2D eigenvalue weighted by Crippen LogP contribution is 2.20. The number of carbonyl (C=O) groups excluding carboxylic acids is 1. The average molecular weight is 409 g/mol. The summed E-state index contributed by atoms with van der Waals surface area (Å²) in [4.78, 5) is 24.8. The van der Waals surface area contributed by atoms with Crippen molar-refractivity contribution in [3.05, 3.63) is 82.4 Å². The first kappa shape index (κ1) is 21.2. The Balaban J connectivity index is 1.67. The van der Waals surface area contributed by atoms with Crippen LogP contribution in [0, 0.1) is 5.82 Å². The van der Waals surface area contributed by atoms with Crippen LogP contribution >= 0.6 is 0 Å². The molecule has 0 saturated carbocycles. The second kappa shape index (κ2) is 9.82. The van der Waals surface area contributed by atoms with Crippen molar-refractivity contribution in [2.75, 3.05) is 13.2 Å². The Morgan fingerprint density at radius 3 is 2.47 bits per heavy atom. The Hall–Kier alpha value is -3.48. The average Bonchev–Trinajstić information content (AvgIpc) is 2.76. The van der Waals surface area contributed by atoms with Crippen LogP contribution in [-0.4, -0.2) is 28.8 Å². The number of carbonyl (C=O) groups is 1. The maximum atomic E-state index is 13.0. The van der Waals surface area contributed by atoms with Crippen molar-refractivity contribution in [3.63, 3.8) is 0 Å². The number of nitrogens with zero attached hydrogens (tertiary/aromatic N) is 2. The van der Waals surface area contributed by atoms with Gasteiger partial charge >= 0.3 is 0 Å². The van der Waals surface area contributed by atoms with Gasteiger partial charge in [0, 0.05) is 18.2 Å². The van der Waals surface area contributed by atoms with Crippen LogP contribution in [0.1, 0.15) is 25.5 Å². The van der Waals surface area contributed by atoms with Crippen LogP contribution in [0.2, 0.25) is 0 Å². The van der Waals surface area contributed by atoms with Crippen LogP contribution in [-0.2, 0) is 11.2 Å². The van der Waals surface area contributed by atoms with Gasteiger partial charge < -0.3 is 10.1 Å². The molecule has 1 heterocycles. The van der Waals surface area contributed by atoms with E-state index < -0.39 is 6.04 Å². The minimum Gasteiger partial charge on any atom is -0.494 e. The molecule has 1 aromatic heterocycles. The van der Waals surface area contributed by atoms with Gasteiger partial charge in [0.2, 0.25) is 5.91 Å². The van der Waals surface area contributed by atoms with E-state index in [1.54, 1.807) is 25.1 Å². The fraction of sp³-hybridized carbons (Fsp3) is 0.261. The number of benzene rings is 2. The lowest BCUT2D eigenvalue weighted by molar-refractivity contribution is -0.124. The minimum atomic E-state index is -0.770. The number of halogens is 1. The number of rotatable bonds is 8. The van der Waals surface area contributed by atoms with E-state index in [0.717, 1.165) is 16.9 Å². The molecule has 2 aromatic carbocycles. The van der Waals surface area contributed by atoms with Crippen LogP contribution in [0.15, 0.2) is 65.5 Å².